The van der Waals surface area contributed by atoms with Crippen LogP contribution in [0.3, 0.4) is 0 Å². The van der Waals surface area contributed by atoms with Crippen LogP contribution in [0.5, 0.6) is 0 Å². The fourth-order valence-corrected chi connectivity index (χ4v) is 21.6. The number of fused-ring (bicyclic) bond motifs is 28. The molecule has 0 spiro atoms. The first-order valence-corrected chi connectivity index (χ1v) is 42.0. The largest absolute Gasteiger partial charge is 0.331 e. The maximum Gasteiger partial charge on any atom is 0.0887 e. The molecule has 1 aliphatic heterocycles. The van der Waals surface area contributed by atoms with Crippen molar-refractivity contribution in [3.63, 3.8) is 0 Å². The van der Waals surface area contributed by atoms with Crippen LogP contribution in [0.2, 0.25) is 0 Å². The van der Waals surface area contributed by atoms with Gasteiger partial charge in [0.1, 0.15) is 0 Å². The molecular formula is C112H70N10. The van der Waals surface area contributed by atoms with Crippen LogP contribution in [0, 0.1) is 0 Å². The monoisotopic (exact) mass is 1550 g/mol. The highest BCUT2D eigenvalue weighted by molar-refractivity contribution is 6.27. The van der Waals surface area contributed by atoms with E-state index >= 15 is 0 Å². The summed E-state index contributed by atoms with van der Waals surface area (Å²) in [6.45, 7) is 0. The molecule has 2 aliphatic rings. The van der Waals surface area contributed by atoms with E-state index in [1.54, 1.807) is 0 Å². The van der Waals surface area contributed by atoms with E-state index in [2.05, 4.69) is 437 Å². The molecule has 0 bridgehead atoms. The molecule has 568 valence electrons. The summed E-state index contributed by atoms with van der Waals surface area (Å²) in [6.07, 6.45) is 8.91. The fraction of sp³-hybridized carbons (Fsp3) is 0.0179. The van der Waals surface area contributed by atoms with Crippen molar-refractivity contribution in [1.29, 1.82) is 0 Å². The molecule has 27 rings (SSSR count). The first-order chi connectivity index (χ1) is 60.6. The normalized spacial score (nSPS) is 14.0. The van der Waals surface area contributed by atoms with Gasteiger partial charge in [0.05, 0.1) is 107 Å². The third kappa shape index (κ3) is 9.37. The van der Waals surface area contributed by atoms with Crippen molar-refractivity contribution in [2.45, 2.75) is 12.0 Å². The van der Waals surface area contributed by atoms with E-state index in [0.717, 1.165) is 167 Å². The van der Waals surface area contributed by atoms with Crippen molar-refractivity contribution in [3.8, 4) is 62.3 Å². The Hall–Kier alpha value is -16.3. The van der Waals surface area contributed by atoms with Crippen LogP contribution in [0.4, 0.5) is 11.4 Å². The van der Waals surface area contributed by atoms with Gasteiger partial charge >= 0.3 is 0 Å². The number of aromatic nitrogens is 9. The molecule has 10 heteroatoms. The van der Waals surface area contributed by atoms with Crippen LogP contribution in [0.25, 0.3) is 210 Å². The average Bonchev–Trinajstić information content (AvgIpc) is 1.54. The van der Waals surface area contributed by atoms with E-state index in [1.165, 1.54) is 65.6 Å². The maximum absolute atomic E-state index is 5.79. The van der Waals surface area contributed by atoms with Gasteiger partial charge in [-0.2, -0.15) is 0 Å². The molecule has 9 heterocycles. The third-order valence-electron chi connectivity index (χ3n) is 26.4. The van der Waals surface area contributed by atoms with Gasteiger partial charge in [0.2, 0.25) is 0 Å². The van der Waals surface area contributed by atoms with E-state index in [-0.39, 0.29) is 12.0 Å². The lowest BCUT2D eigenvalue weighted by Gasteiger charge is -2.33. The highest BCUT2D eigenvalue weighted by atomic mass is 15.2. The zero-order valence-electron chi connectivity index (χ0n) is 65.9. The second kappa shape index (κ2) is 25.6. The molecule has 2 atom stereocenters. The molecule has 0 fully saturated rings. The van der Waals surface area contributed by atoms with Crippen molar-refractivity contribution in [2.24, 2.45) is 0 Å². The lowest BCUT2D eigenvalue weighted by atomic mass is 9.86. The van der Waals surface area contributed by atoms with E-state index in [9.17, 15) is 0 Å². The van der Waals surface area contributed by atoms with E-state index < -0.39 is 0 Å². The van der Waals surface area contributed by atoms with Crippen LogP contribution in [-0.4, -0.2) is 41.9 Å². The molecule has 1 aliphatic carbocycles. The van der Waals surface area contributed by atoms with Crippen LogP contribution in [0.1, 0.15) is 28.8 Å². The Balaban J connectivity index is 0.736. The Morgan fingerprint density at radius 3 is 0.820 bits per heavy atom. The zero-order valence-corrected chi connectivity index (χ0v) is 65.9. The van der Waals surface area contributed by atoms with Gasteiger partial charge in [-0.15, -0.1) is 0 Å². The van der Waals surface area contributed by atoms with Crippen LogP contribution >= 0.6 is 0 Å². The van der Waals surface area contributed by atoms with Gasteiger partial charge in [0, 0.05) is 144 Å². The molecule has 122 heavy (non-hydrogen) atoms. The summed E-state index contributed by atoms with van der Waals surface area (Å²) in [7, 11) is 0. The topological polar surface area (TPSA) is 63.5 Å². The molecule has 0 N–H and O–H groups in total. The van der Waals surface area contributed by atoms with Gasteiger partial charge in [-0.3, -0.25) is 9.97 Å². The minimum Gasteiger partial charge on any atom is -0.331 e. The quantitative estimate of drug-likeness (QED) is 0.137. The van der Waals surface area contributed by atoms with Crippen LogP contribution in [-0.2, 0) is 0 Å². The number of nitrogens with zero attached hydrogens (tertiary/aromatic N) is 10. The number of para-hydroxylation sites is 12. The predicted octanol–water partition coefficient (Wildman–Crippen LogP) is 28.3. The van der Waals surface area contributed by atoms with Gasteiger partial charge in [0.25, 0.3) is 0 Å². The molecule has 0 saturated heterocycles. The number of hydrogen-bond donors (Lipinski definition) is 0. The highest BCUT2D eigenvalue weighted by Gasteiger charge is 2.44. The molecule has 10 nitrogen and oxygen atoms in total. The minimum atomic E-state index is -0.103. The van der Waals surface area contributed by atoms with Gasteiger partial charge in [0.15, 0.2) is 0 Å². The number of rotatable bonds is 10. The van der Waals surface area contributed by atoms with Crippen molar-refractivity contribution in [2.75, 3.05) is 4.90 Å². The SMILES string of the molecule is C1=CC2c3ccccc3N(c3ccccc3)C2c2c1c1ccccc1n2-c1cc(-c2cnc(-c3cc(-n4c5ccccc5c5ccc6c7ccccc7n(-c7ccccc7)c6c54)cc(-n4c5ccccc5c5ccc6c7ccccc7n(-c7ccccc7)c6c54)c3)cn2)cc(-n2c3ccccc3c3ccc4c5ccccc5n(-c5ccccc5)c4c32)c1. The number of benzene rings is 17. The fourth-order valence-electron chi connectivity index (χ4n) is 21.6. The summed E-state index contributed by atoms with van der Waals surface area (Å²) < 4.78 is 17.6. The second-order valence-electron chi connectivity index (χ2n) is 32.7. The summed E-state index contributed by atoms with van der Waals surface area (Å²) in [5, 5.41) is 15.3. The molecule has 0 amide bonds. The number of anilines is 2. The molecular weight excluding hydrogens is 1490 g/mol. The van der Waals surface area contributed by atoms with Gasteiger partial charge in [-0.25, -0.2) is 0 Å². The van der Waals surface area contributed by atoms with Gasteiger partial charge in [-0.1, -0.05) is 267 Å². The Kier molecular flexibility index (Phi) is 14.0. The Labute approximate surface area is 699 Å². The first kappa shape index (κ1) is 66.8. The zero-order chi connectivity index (χ0) is 79.5. The standard InChI is InChI=1S/C112H70N10/c1-5-29-71(30-6-1)115-97-45-21-13-37-79(97)87-53-57-91-83-41-17-25-49-101(83)119(109(91)105(87)115)75-61-69(62-76(65-75)120-102-50-26-18-42-84(102)92-58-54-88-80-38-14-22-46-98(80)116(106(88)110(92)120)72-31-7-2-8-32-72)95-67-114-96(68-113-95)70-63-77(121-103-51-27-19-43-85(103)93-59-55-89-81-39-15-23-47-99(81)117(107(89)111(93)121)73-33-9-3-10-34-73)66-78(64-70)122-104-52-28-20-44-86(104)94-60-56-90-82-40-16-24-48-100(82)118(108(90)112(94)122)74-35-11-4-12-36-74/h1-68,87,105H. The van der Waals surface area contributed by atoms with Gasteiger partial charge in [-0.05, 0) is 139 Å². The molecule has 8 aromatic heterocycles. The summed E-state index contributed by atoms with van der Waals surface area (Å²) in [5.74, 6) is 0.0568. The predicted molar refractivity (Wildman–Crippen MR) is 505 cm³/mol. The summed E-state index contributed by atoms with van der Waals surface area (Å²) in [6, 6.07) is 143. The van der Waals surface area contributed by atoms with Gasteiger partial charge < -0.3 is 36.9 Å². The smallest absolute Gasteiger partial charge is 0.0887 e. The number of hydrogen-bond acceptors (Lipinski definition) is 3. The molecule has 25 aromatic rings. The Morgan fingerprint density at radius 2 is 0.484 bits per heavy atom. The second-order valence-corrected chi connectivity index (χ2v) is 32.7. The van der Waals surface area contributed by atoms with E-state index in [1.807, 2.05) is 12.4 Å². The van der Waals surface area contributed by atoms with Crippen molar-refractivity contribution < 1.29 is 0 Å². The average molecular weight is 1560 g/mol. The maximum atomic E-state index is 5.79. The first-order valence-electron chi connectivity index (χ1n) is 42.0. The molecule has 0 saturated carbocycles. The summed E-state index contributed by atoms with van der Waals surface area (Å²) in [4.78, 5) is 14.2. The van der Waals surface area contributed by atoms with E-state index in [4.69, 9.17) is 9.97 Å². The van der Waals surface area contributed by atoms with E-state index in [0.29, 0.717) is 0 Å². The highest BCUT2D eigenvalue weighted by Crippen LogP contribution is 2.58. The molecule has 0 radical (unpaired) electrons. The Bertz CT molecular complexity index is 8520. The summed E-state index contributed by atoms with van der Waals surface area (Å²) >= 11 is 0. The minimum absolute atomic E-state index is 0.0568. The van der Waals surface area contributed by atoms with Crippen molar-refractivity contribution >= 4 is 159 Å². The van der Waals surface area contributed by atoms with Crippen molar-refractivity contribution in [3.05, 3.63) is 424 Å². The lowest BCUT2D eigenvalue weighted by molar-refractivity contribution is 0.636. The Morgan fingerprint density at radius 1 is 0.213 bits per heavy atom. The molecule has 2 unspecified atom stereocenters. The lowest BCUT2D eigenvalue weighted by Crippen LogP contribution is -2.26. The molecule has 17 aromatic carbocycles. The summed E-state index contributed by atoms with van der Waals surface area (Å²) in [5.41, 5.74) is 31.2. The van der Waals surface area contributed by atoms with Crippen LogP contribution in [0.15, 0.2) is 407 Å². The third-order valence-corrected chi connectivity index (χ3v) is 26.4. The van der Waals surface area contributed by atoms with Crippen LogP contribution < -0.4 is 4.90 Å². The van der Waals surface area contributed by atoms with Crippen molar-refractivity contribution in [1.82, 2.24) is 41.9 Å².